The zero-order chi connectivity index (χ0) is 12.0. The number of rotatable bonds is 6. The minimum absolute atomic E-state index is 0.461. The fourth-order valence-corrected chi connectivity index (χ4v) is 2.08. The van der Waals surface area contributed by atoms with Crippen LogP contribution in [-0.2, 0) is 0 Å². The van der Waals surface area contributed by atoms with Crippen molar-refractivity contribution in [3.63, 3.8) is 0 Å². The van der Waals surface area contributed by atoms with E-state index in [1.807, 2.05) is 0 Å². The van der Waals surface area contributed by atoms with E-state index in [1.54, 1.807) is 11.8 Å². The summed E-state index contributed by atoms with van der Waals surface area (Å²) in [6.45, 7) is 4.06. The van der Waals surface area contributed by atoms with E-state index in [0.29, 0.717) is 6.04 Å². The predicted octanol–water partition coefficient (Wildman–Crippen LogP) is 2.75. The first-order valence-electron chi connectivity index (χ1n) is 5.73. The number of benzene rings is 1. The van der Waals surface area contributed by atoms with Crippen molar-refractivity contribution in [2.45, 2.75) is 24.3 Å². The van der Waals surface area contributed by atoms with Gasteiger partial charge in [0.1, 0.15) is 0 Å². The molecular formula is C13H22N2S. The van der Waals surface area contributed by atoms with Gasteiger partial charge in [-0.1, -0.05) is 12.1 Å². The first kappa shape index (κ1) is 13.6. The van der Waals surface area contributed by atoms with E-state index in [4.69, 9.17) is 5.73 Å². The Morgan fingerprint density at radius 2 is 1.94 bits per heavy atom. The van der Waals surface area contributed by atoms with Gasteiger partial charge in [-0.05, 0) is 57.4 Å². The van der Waals surface area contributed by atoms with Crippen LogP contribution in [0.5, 0.6) is 0 Å². The molecule has 0 saturated heterocycles. The van der Waals surface area contributed by atoms with Gasteiger partial charge < -0.3 is 5.73 Å². The zero-order valence-corrected chi connectivity index (χ0v) is 11.3. The number of nitrogens with zero attached hydrogens (tertiary/aromatic N) is 1. The molecule has 0 spiro atoms. The van der Waals surface area contributed by atoms with Crippen molar-refractivity contribution in [3.05, 3.63) is 29.8 Å². The summed E-state index contributed by atoms with van der Waals surface area (Å²) in [4.78, 5) is 3.67. The lowest BCUT2D eigenvalue weighted by Gasteiger charge is -2.25. The third-order valence-electron chi connectivity index (χ3n) is 2.97. The quantitative estimate of drug-likeness (QED) is 0.773. The standard InChI is InChI=1S/C13H22N2S/c1-11(15(2)10-4-9-14)12-5-7-13(16-3)8-6-12/h5-8,11H,4,9-10,14H2,1-3H3. The van der Waals surface area contributed by atoms with Crippen LogP contribution >= 0.6 is 11.8 Å². The molecular weight excluding hydrogens is 216 g/mol. The van der Waals surface area contributed by atoms with Crippen molar-refractivity contribution < 1.29 is 0 Å². The lowest BCUT2D eigenvalue weighted by Crippen LogP contribution is -2.25. The molecule has 2 N–H and O–H groups in total. The Kier molecular flexibility index (Phi) is 5.88. The molecule has 1 aromatic carbocycles. The molecule has 1 atom stereocenters. The highest BCUT2D eigenvalue weighted by Crippen LogP contribution is 2.22. The fourth-order valence-electron chi connectivity index (χ4n) is 1.67. The Morgan fingerprint density at radius 1 is 1.31 bits per heavy atom. The summed E-state index contributed by atoms with van der Waals surface area (Å²) in [7, 11) is 2.16. The van der Waals surface area contributed by atoms with Gasteiger partial charge in [0, 0.05) is 10.9 Å². The number of hydrogen-bond donors (Lipinski definition) is 1. The van der Waals surface area contributed by atoms with Gasteiger partial charge in [0.05, 0.1) is 0 Å². The van der Waals surface area contributed by atoms with Gasteiger partial charge in [-0.25, -0.2) is 0 Å². The smallest absolute Gasteiger partial charge is 0.0316 e. The molecule has 0 radical (unpaired) electrons. The summed E-state index contributed by atoms with van der Waals surface area (Å²) in [5, 5.41) is 0. The summed E-state index contributed by atoms with van der Waals surface area (Å²) >= 11 is 1.78. The lowest BCUT2D eigenvalue weighted by atomic mass is 10.1. The molecule has 16 heavy (non-hydrogen) atoms. The van der Waals surface area contributed by atoms with Gasteiger partial charge in [0.15, 0.2) is 0 Å². The maximum Gasteiger partial charge on any atom is 0.0316 e. The average Bonchev–Trinajstić information content (AvgIpc) is 2.35. The average molecular weight is 238 g/mol. The summed E-state index contributed by atoms with van der Waals surface area (Å²) < 4.78 is 0. The topological polar surface area (TPSA) is 29.3 Å². The third-order valence-corrected chi connectivity index (χ3v) is 3.72. The molecule has 0 aliphatic rings. The Labute approximate surface area is 103 Å². The van der Waals surface area contributed by atoms with Gasteiger partial charge in [0.2, 0.25) is 0 Å². The molecule has 3 heteroatoms. The molecule has 0 amide bonds. The van der Waals surface area contributed by atoms with E-state index in [9.17, 15) is 0 Å². The number of nitrogens with two attached hydrogens (primary N) is 1. The first-order chi connectivity index (χ1) is 7.69. The second kappa shape index (κ2) is 6.94. The van der Waals surface area contributed by atoms with Crippen LogP contribution in [0.3, 0.4) is 0 Å². The largest absolute Gasteiger partial charge is 0.330 e. The Hall–Kier alpha value is -0.510. The molecule has 0 saturated carbocycles. The number of hydrogen-bond acceptors (Lipinski definition) is 3. The van der Waals surface area contributed by atoms with Crippen LogP contribution in [0, 0.1) is 0 Å². The van der Waals surface area contributed by atoms with Crippen molar-refractivity contribution >= 4 is 11.8 Å². The van der Waals surface area contributed by atoms with Gasteiger partial charge >= 0.3 is 0 Å². The minimum Gasteiger partial charge on any atom is -0.330 e. The summed E-state index contributed by atoms with van der Waals surface area (Å²) in [6, 6.07) is 9.27. The second-order valence-electron chi connectivity index (χ2n) is 4.07. The van der Waals surface area contributed by atoms with E-state index in [0.717, 1.165) is 19.5 Å². The van der Waals surface area contributed by atoms with Crippen molar-refractivity contribution in [1.82, 2.24) is 4.90 Å². The molecule has 0 aliphatic heterocycles. The molecule has 0 bridgehead atoms. The van der Waals surface area contributed by atoms with E-state index in [2.05, 4.69) is 49.4 Å². The van der Waals surface area contributed by atoms with Crippen LogP contribution in [0.1, 0.15) is 24.9 Å². The monoisotopic (exact) mass is 238 g/mol. The van der Waals surface area contributed by atoms with Crippen molar-refractivity contribution in [2.75, 3.05) is 26.4 Å². The summed E-state index contributed by atoms with van der Waals surface area (Å²) in [5.41, 5.74) is 6.90. The van der Waals surface area contributed by atoms with Crippen molar-refractivity contribution in [2.24, 2.45) is 5.73 Å². The Morgan fingerprint density at radius 3 is 2.44 bits per heavy atom. The minimum atomic E-state index is 0.461. The van der Waals surface area contributed by atoms with Crippen LogP contribution in [0.15, 0.2) is 29.2 Å². The highest BCUT2D eigenvalue weighted by Gasteiger charge is 2.10. The van der Waals surface area contributed by atoms with E-state index >= 15 is 0 Å². The Balaban J connectivity index is 2.60. The van der Waals surface area contributed by atoms with Gasteiger partial charge in [-0.15, -0.1) is 11.8 Å². The fraction of sp³-hybridized carbons (Fsp3) is 0.538. The molecule has 0 heterocycles. The van der Waals surface area contributed by atoms with Crippen LogP contribution in [0.4, 0.5) is 0 Å². The third kappa shape index (κ3) is 3.81. The van der Waals surface area contributed by atoms with Crippen molar-refractivity contribution in [1.29, 1.82) is 0 Å². The van der Waals surface area contributed by atoms with E-state index in [-0.39, 0.29) is 0 Å². The molecule has 90 valence electrons. The van der Waals surface area contributed by atoms with Crippen molar-refractivity contribution in [3.8, 4) is 0 Å². The Bertz CT molecular complexity index is 297. The summed E-state index contributed by atoms with van der Waals surface area (Å²) in [6.07, 6.45) is 3.16. The molecule has 1 unspecified atom stereocenters. The molecule has 1 aromatic rings. The van der Waals surface area contributed by atoms with Gasteiger partial charge in [-0.3, -0.25) is 4.90 Å². The summed E-state index contributed by atoms with van der Waals surface area (Å²) in [5.74, 6) is 0. The van der Waals surface area contributed by atoms with E-state index in [1.165, 1.54) is 10.5 Å². The van der Waals surface area contributed by atoms with Gasteiger partial charge in [-0.2, -0.15) is 0 Å². The van der Waals surface area contributed by atoms with E-state index < -0.39 is 0 Å². The second-order valence-corrected chi connectivity index (χ2v) is 4.95. The highest BCUT2D eigenvalue weighted by molar-refractivity contribution is 7.98. The normalized spacial score (nSPS) is 13.1. The zero-order valence-electron chi connectivity index (χ0n) is 10.4. The van der Waals surface area contributed by atoms with Gasteiger partial charge in [0.25, 0.3) is 0 Å². The van der Waals surface area contributed by atoms with Crippen LogP contribution in [0.25, 0.3) is 0 Å². The molecule has 0 aromatic heterocycles. The molecule has 1 rings (SSSR count). The van der Waals surface area contributed by atoms with Crippen LogP contribution in [0.2, 0.25) is 0 Å². The first-order valence-corrected chi connectivity index (χ1v) is 6.95. The molecule has 0 fully saturated rings. The SMILES string of the molecule is CSc1ccc(C(C)N(C)CCCN)cc1. The van der Waals surface area contributed by atoms with Crippen LogP contribution < -0.4 is 5.73 Å². The maximum absolute atomic E-state index is 5.52. The molecule has 0 aliphatic carbocycles. The van der Waals surface area contributed by atoms with Crippen LogP contribution in [-0.4, -0.2) is 31.3 Å². The predicted molar refractivity (Wildman–Crippen MR) is 72.9 cm³/mol. The lowest BCUT2D eigenvalue weighted by molar-refractivity contribution is 0.260. The molecule has 2 nitrogen and oxygen atoms in total. The maximum atomic E-state index is 5.52. The highest BCUT2D eigenvalue weighted by atomic mass is 32.2. The number of thioether (sulfide) groups is 1.